The Kier molecular flexibility index (Phi) is 3.12. The SMILES string of the molecule is Cc1cc(C)c2nccc(SCC#N)c2c1. The predicted molar refractivity (Wildman–Crippen MR) is 67.6 cm³/mol. The fraction of sp³-hybridized carbons (Fsp3) is 0.231. The molecule has 2 nitrogen and oxygen atoms in total. The number of thioether (sulfide) groups is 1. The van der Waals surface area contributed by atoms with Crippen molar-refractivity contribution in [2.75, 3.05) is 5.75 Å². The zero-order chi connectivity index (χ0) is 11.5. The minimum atomic E-state index is 0.478. The number of nitrogens with zero attached hydrogens (tertiary/aromatic N) is 2. The fourth-order valence-electron chi connectivity index (χ4n) is 1.82. The average Bonchev–Trinajstić information content (AvgIpc) is 2.26. The van der Waals surface area contributed by atoms with E-state index in [1.54, 1.807) is 11.8 Å². The first kappa shape index (κ1) is 11.0. The van der Waals surface area contributed by atoms with Crippen LogP contribution >= 0.6 is 11.8 Å². The first-order chi connectivity index (χ1) is 7.72. The Morgan fingerprint density at radius 1 is 1.38 bits per heavy atom. The maximum Gasteiger partial charge on any atom is 0.0855 e. The molecule has 3 heteroatoms. The van der Waals surface area contributed by atoms with Gasteiger partial charge in [0.05, 0.1) is 17.3 Å². The molecule has 0 atom stereocenters. The number of rotatable bonds is 2. The van der Waals surface area contributed by atoms with Gasteiger partial charge in [-0.2, -0.15) is 5.26 Å². The number of hydrogen-bond acceptors (Lipinski definition) is 3. The van der Waals surface area contributed by atoms with Gasteiger partial charge in [-0.05, 0) is 31.5 Å². The molecule has 0 aliphatic heterocycles. The second-order valence-corrected chi connectivity index (χ2v) is 4.75. The summed E-state index contributed by atoms with van der Waals surface area (Å²) in [5, 5.41) is 9.78. The van der Waals surface area contributed by atoms with Gasteiger partial charge in [-0.3, -0.25) is 4.98 Å². The van der Waals surface area contributed by atoms with Crippen molar-refractivity contribution >= 4 is 22.7 Å². The molecule has 0 saturated heterocycles. The van der Waals surface area contributed by atoms with Gasteiger partial charge in [0.1, 0.15) is 0 Å². The van der Waals surface area contributed by atoms with Crippen molar-refractivity contribution in [1.82, 2.24) is 4.98 Å². The van der Waals surface area contributed by atoms with E-state index in [0.717, 1.165) is 15.8 Å². The van der Waals surface area contributed by atoms with Gasteiger partial charge in [-0.1, -0.05) is 11.6 Å². The highest BCUT2D eigenvalue weighted by atomic mass is 32.2. The molecule has 16 heavy (non-hydrogen) atoms. The van der Waals surface area contributed by atoms with Gasteiger partial charge >= 0.3 is 0 Å². The highest BCUT2D eigenvalue weighted by Gasteiger charge is 2.05. The molecular weight excluding hydrogens is 216 g/mol. The summed E-state index contributed by atoms with van der Waals surface area (Å²) in [5.41, 5.74) is 3.46. The highest BCUT2D eigenvalue weighted by molar-refractivity contribution is 7.99. The molecule has 80 valence electrons. The zero-order valence-electron chi connectivity index (χ0n) is 9.32. The Morgan fingerprint density at radius 2 is 2.19 bits per heavy atom. The third-order valence-corrected chi connectivity index (χ3v) is 3.37. The molecule has 0 bridgehead atoms. The fourth-order valence-corrected chi connectivity index (χ4v) is 2.51. The maximum atomic E-state index is 8.62. The molecule has 0 aliphatic rings. The van der Waals surface area contributed by atoms with Gasteiger partial charge in [0.2, 0.25) is 0 Å². The predicted octanol–water partition coefficient (Wildman–Crippen LogP) is 3.47. The summed E-state index contributed by atoms with van der Waals surface area (Å²) in [7, 11) is 0. The molecule has 0 N–H and O–H groups in total. The number of fused-ring (bicyclic) bond motifs is 1. The molecule has 1 aromatic carbocycles. The first-order valence-electron chi connectivity index (χ1n) is 5.08. The van der Waals surface area contributed by atoms with E-state index in [9.17, 15) is 0 Å². The quantitative estimate of drug-likeness (QED) is 0.738. The zero-order valence-corrected chi connectivity index (χ0v) is 10.1. The van der Waals surface area contributed by atoms with Crippen LogP contribution in [0.5, 0.6) is 0 Å². The van der Waals surface area contributed by atoms with E-state index in [0.29, 0.717) is 5.75 Å². The van der Waals surface area contributed by atoms with E-state index < -0.39 is 0 Å². The van der Waals surface area contributed by atoms with Crippen molar-refractivity contribution in [3.63, 3.8) is 0 Å². The lowest BCUT2D eigenvalue weighted by atomic mass is 10.1. The summed E-state index contributed by atoms with van der Waals surface area (Å²) < 4.78 is 0. The molecule has 2 aromatic rings. The molecule has 0 fully saturated rings. The molecule has 1 heterocycles. The lowest BCUT2D eigenvalue weighted by Crippen LogP contribution is -1.88. The van der Waals surface area contributed by atoms with Crippen molar-refractivity contribution in [2.45, 2.75) is 18.7 Å². The largest absolute Gasteiger partial charge is 0.256 e. The minimum absolute atomic E-state index is 0.478. The standard InChI is InChI=1S/C13H12N2S/c1-9-7-10(2)13-11(8-9)12(3-5-15-13)16-6-4-14/h3,5,7-8H,6H2,1-2H3. The first-order valence-corrected chi connectivity index (χ1v) is 6.06. The van der Waals surface area contributed by atoms with Crippen LogP contribution in [-0.4, -0.2) is 10.7 Å². The number of aryl methyl sites for hydroxylation is 2. The van der Waals surface area contributed by atoms with Crippen LogP contribution in [0.25, 0.3) is 10.9 Å². The number of benzene rings is 1. The Balaban J connectivity index is 2.63. The molecular formula is C13H12N2S. The van der Waals surface area contributed by atoms with Gasteiger partial charge in [-0.15, -0.1) is 11.8 Å². The number of hydrogen-bond donors (Lipinski definition) is 0. The average molecular weight is 228 g/mol. The molecule has 0 aliphatic carbocycles. The summed E-state index contributed by atoms with van der Waals surface area (Å²) in [6.07, 6.45) is 1.81. The Bertz CT molecular complexity index is 570. The topological polar surface area (TPSA) is 36.7 Å². The second-order valence-electron chi connectivity index (χ2n) is 3.73. The third-order valence-electron chi connectivity index (χ3n) is 2.43. The van der Waals surface area contributed by atoms with Gasteiger partial charge in [0.25, 0.3) is 0 Å². The van der Waals surface area contributed by atoms with Crippen molar-refractivity contribution in [3.8, 4) is 6.07 Å². The summed E-state index contributed by atoms with van der Waals surface area (Å²) in [4.78, 5) is 5.53. The van der Waals surface area contributed by atoms with E-state index in [-0.39, 0.29) is 0 Å². The van der Waals surface area contributed by atoms with Crippen LogP contribution in [0.2, 0.25) is 0 Å². The third kappa shape index (κ3) is 2.02. The Morgan fingerprint density at radius 3 is 2.94 bits per heavy atom. The monoisotopic (exact) mass is 228 g/mol. The number of aromatic nitrogens is 1. The molecule has 0 spiro atoms. The molecule has 0 amide bonds. The normalized spacial score (nSPS) is 10.3. The molecule has 0 unspecified atom stereocenters. The Labute approximate surface area is 99.3 Å². The van der Waals surface area contributed by atoms with Crippen molar-refractivity contribution < 1.29 is 0 Å². The molecule has 0 radical (unpaired) electrons. The van der Waals surface area contributed by atoms with Gasteiger partial charge < -0.3 is 0 Å². The van der Waals surface area contributed by atoms with E-state index >= 15 is 0 Å². The van der Waals surface area contributed by atoms with Gasteiger partial charge in [-0.25, -0.2) is 0 Å². The van der Waals surface area contributed by atoms with E-state index in [2.05, 4.69) is 37.0 Å². The minimum Gasteiger partial charge on any atom is -0.256 e. The van der Waals surface area contributed by atoms with Crippen LogP contribution in [0, 0.1) is 25.2 Å². The maximum absolute atomic E-state index is 8.62. The molecule has 2 rings (SSSR count). The van der Waals surface area contributed by atoms with E-state index in [1.165, 1.54) is 11.1 Å². The summed E-state index contributed by atoms with van der Waals surface area (Å²) in [6, 6.07) is 8.40. The second kappa shape index (κ2) is 4.54. The van der Waals surface area contributed by atoms with E-state index in [4.69, 9.17) is 5.26 Å². The van der Waals surface area contributed by atoms with Crippen molar-refractivity contribution in [2.24, 2.45) is 0 Å². The Hall–Kier alpha value is -1.53. The summed E-state index contributed by atoms with van der Waals surface area (Å²) in [5.74, 6) is 0.478. The van der Waals surface area contributed by atoms with Gasteiger partial charge in [0.15, 0.2) is 0 Å². The van der Waals surface area contributed by atoms with Crippen LogP contribution < -0.4 is 0 Å². The molecule has 1 aromatic heterocycles. The van der Waals surface area contributed by atoms with Crippen molar-refractivity contribution in [3.05, 3.63) is 35.5 Å². The smallest absolute Gasteiger partial charge is 0.0855 e. The highest BCUT2D eigenvalue weighted by Crippen LogP contribution is 2.28. The van der Waals surface area contributed by atoms with E-state index in [1.807, 2.05) is 12.3 Å². The van der Waals surface area contributed by atoms with Crippen LogP contribution in [0.4, 0.5) is 0 Å². The number of pyridine rings is 1. The van der Waals surface area contributed by atoms with Crippen LogP contribution in [0.3, 0.4) is 0 Å². The summed E-state index contributed by atoms with van der Waals surface area (Å²) in [6.45, 7) is 4.15. The van der Waals surface area contributed by atoms with Gasteiger partial charge in [0, 0.05) is 16.5 Å². The lowest BCUT2D eigenvalue weighted by molar-refractivity contribution is 1.30. The lowest BCUT2D eigenvalue weighted by Gasteiger charge is -2.07. The van der Waals surface area contributed by atoms with Crippen molar-refractivity contribution in [1.29, 1.82) is 5.26 Å². The van der Waals surface area contributed by atoms with Crippen LogP contribution in [-0.2, 0) is 0 Å². The summed E-state index contributed by atoms with van der Waals surface area (Å²) >= 11 is 1.57. The van der Waals surface area contributed by atoms with Crippen LogP contribution in [0.15, 0.2) is 29.3 Å². The van der Waals surface area contributed by atoms with Crippen LogP contribution in [0.1, 0.15) is 11.1 Å². The molecule has 0 saturated carbocycles. The number of nitriles is 1.